The maximum Gasteiger partial charge on any atom is 0.0581 e. The van der Waals surface area contributed by atoms with Crippen molar-refractivity contribution < 1.29 is 10.2 Å². The Morgan fingerprint density at radius 3 is 2.41 bits per heavy atom. The number of rotatable bonds is 4. The van der Waals surface area contributed by atoms with E-state index in [0.717, 1.165) is 42.9 Å². The molecule has 0 spiro atoms. The lowest BCUT2D eigenvalue weighted by molar-refractivity contribution is -0.169. The van der Waals surface area contributed by atoms with Crippen molar-refractivity contribution in [2.24, 2.45) is 40.4 Å². The molecule has 158 valence electrons. The molecular formula is C25H46O2. The summed E-state index contributed by atoms with van der Waals surface area (Å²) in [7, 11) is 0. The number of unbranched alkanes of at least 4 members (excludes halogenated alkanes) is 1. The van der Waals surface area contributed by atoms with Crippen molar-refractivity contribution in [3.63, 3.8) is 0 Å². The molecule has 0 aromatic rings. The van der Waals surface area contributed by atoms with E-state index in [0.29, 0.717) is 23.4 Å². The Kier molecular flexibility index (Phi) is 7.00. The number of aliphatic hydroxyl groups excluding tert-OH is 2. The maximum atomic E-state index is 11.4. The van der Waals surface area contributed by atoms with Crippen LogP contribution in [0.3, 0.4) is 0 Å². The molecule has 0 bridgehead atoms. The quantitative estimate of drug-likeness (QED) is 0.572. The van der Waals surface area contributed by atoms with Crippen LogP contribution in [0.2, 0.25) is 0 Å². The summed E-state index contributed by atoms with van der Waals surface area (Å²) in [5, 5.41) is 20.5. The van der Waals surface area contributed by atoms with Crippen LogP contribution in [0.15, 0.2) is 0 Å². The third-order valence-corrected chi connectivity index (χ3v) is 9.67. The lowest BCUT2D eigenvalue weighted by atomic mass is 9.44. The Bertz CT molecular complexity index is 477. The highest BCUT2D eigenvalue weighted by Gasteiger charge is 2.62. The van der Waals surface area contributed by atoms with Crippen molar-refractivity contribution in [2.75, 3.05) is 6.61 Å². The molecule has 0 aromatic carbocycles. The van der Waals surface area contributed by atoms with Gasteiger partial charge in [-0.3, -0.25) is 0 Å². The third kappa shape index (κ3) is 3.63. The molecule has 0 radical (unpaired) electrons. The summed E-state index contributed by atoms with van der Waals surface area (Å²) in [5.74, 6) is 3.84. The van der Waals surface area contributed by atoms with Crippen LogP contribution >= 0.6 is 0 Å². The van der Waals surface area contributed by atoms with Crippen molar-refractivity contribution in [1.82, 2.24) is 0 Å². The van der Waals surface area contributed by atoms with Crippen LogP contribution in [-0.2, 0) is 0 Å². The first-order valence-corrected chi connectivity index (χ1v) is 12.3. The fourth-order valence-corrected chi connectivity index (χ4v) is 8.50. The summed E-state index contributed by atoms with van der Waals surface area (Å²) in [6.07, 6.45) is 15.5. The van der Waals surface area contributed by atoms with Gasteiger partial charge in [0.2, 0.25) is 0 Å². The minimum Gasteiger partial charge on any atom is -0.396 e. The van der Waals surface area contributed by atoms with Gasteiger partial charge in [0, 0.05) is 6.61 Å². The highest BCUT2D eigenvalue weighted by molar-refractivity contribution is 5.11. The molecule has 0 aromatic heterocycles. The van der Waals surface area contributed by atoms with E-state index in [-0.39, 0.29) is 6.10 Å². The molecule has 4 fully saturated rings. The molecule has 2 heteroatoms. The number of hydrogen-bond donors (Lipinski definition) is 2. The highest BCUT2D eigenvalue weighted by atomic mass is 16.3. The lowest BCUT2D eigenvalue weighted by Crippen LogP contribution is -2.58. The zero-order valence-corrected chi connectivity index (χ0v) is 18.6. The standard InChI is InChI=1S/C23H40O2.C2H6/c1-22-13-5-3-7-16(22)9-11-18-19-12-10-17(8-4-6-14-24)23(19,2)15-20(25)21(18)22;1-2/h16-21,24-25H,3-15H2,1-2H3;1-2H3. The van der Waals surface area contributed by atoms with E-state index >= 15 is 0 Å². The van der Waals surface area contributed by atoms with Gasteiger partial charge in [-0.15, -0.1) is 0 Å². The van der Waals surface area contributed by atoms with E-state index in [4.69, 9.17) is 5.11 Å². The summed E-state index contributed by atoms with van der Waals surface area (Å²) in [5.41, 5.74) is 0.769. The van der Waals surface area contributed by atoms with Gasteiger partial charge in [-0.2, -0.15) is 0 Å². The van der Waals surface area contributed by atoms with Crippen LogP contribution in [0.4, 0.5) is 0 Å². The monoisotopic (exact) mass is 378 g/mol. The van der Waals surface area contributed by atoms with E-state index in [1.54, 1.807) is 0 Å². The summed E-state index contributed by atoms with van der Waals surface area (Å²) in [6.45, 7) is 9.40. The van der Waals surface area contributed by atoms with Crippen molar-refractivity contribution in [1.29, 1.82) is 0 Å². The molecule has 4 rings (SSSR count). The second-order valence-corrected chi connectivity index (χ2v) is 10.6. The van der Waals surface area contributed by atoms with Crippen LogP contribution in [-0.4, -0.2) is 22.9 Å². The Labute approximate surface area is 168 Å². The minimum absolute atomic E-state index is 0.0735. The molecule has 8 atom stereocenters. The molecule has 4 aliphatic carbocycles. The van der Waals surface area contributed by atoms with Crippen molar-refractivity contribution >= 4 is 0 Å². The summed E-state index contributed by atoms with van der Waals surface area (Å²) in [4.78, 5) is 0. The first-order valence-electron chi connectivity index (χ1n) is 12.3. The van der Waals surface area contributed by atoms with Gasteiger partial charge in [0.25, 0.3) is 0 Å². The normalized spacial score (nSPS) is 48.7. The fourth-order valence-electron chi connectivity index (χ4n) is 8.50. The predicted molar refractivity (Wildman–Crippen MR) is 114 cm³/mol. The van der Waals surface area contributed by atoms with Gasteiger partial charge in [0.05, 0.1) is 6.10 Å². The van der Waals surface area contributed by atoms with Gasteiger partial charge in [-0.25, -0.2) is 0 Å². The topological polar surface area (TPSA) is 40.5 Å². The largest absolute Gasteiger partial charge is 0.396 e. The van der Waals surface area contributed by atoms with Crippen LogP contribution in [0, 0.1) is 40.4 Å². The average Bonchev–Trinajstić information content (AvgIpc) is 2.99. The number of fused-ring (bicyclic) bond motifs is 5. The molecule has 0 saturated heterocycles. The Morgan fingerprint density at radius 2 is 1.67 bits per heavy atom. The molecule has 2 N–H and O–H groups in total. The first-order chi connectivity index (χ1) is 13.0. The van der Waals surface area contributed by atoms with Gasteiger partial charge in [-0.1, -0.05) is 47.0 Å². The molecule has 0 heterocycles. The van der Waals surface area contributed by atoms with E-state index in [1.807, 2.05) is 13.8 Å². The number of aliphatic hydroxyl groups is 2. The lowest BCUT2D eigenvalue weighted by Gasteiger charge is -2.62. The van der Waals surface area contributed by atoms with Gasteiger partial charge < -0.3 is 10.2 Å². The zero-order chi connectivity index (χ0) is 19.7. The average molecular weight is 379 g/mol. The fraction of sp³-hybridized carbons (Fsp3) is 1.00. The van der Waals surface area contributed by atoms with Crippen molar-refractivity contribution in [3.05, 3.63) is 0 Å². The number of hydrogen-bond acceptors (Lipinski definition) is 2. The maximum absolute atomic E-state index is 11.4. The molecular weight excluding hydrogens is 332 g/mol. The second kappa shape index (κ2) is 8.74. The van der Waals surface area contributed by atoms with Gasteiger partial charge in [-0.05, 0) is 98.2 Å². The van der Waals surface area contributed by atoms with Crippen molar-refractivity contribution in [2.45, 2.75) is 111 Å². The molecule has 0 amide bonds. The van der Waals surface area contributed by atoms with Gasteiger partial charge in [0.15, 0.2) is 0 Å². The van der Waals surface area contributed by atoms with Crippen LogP contribution in [0.25, 0.3) is 0 Å². The molecule has 0 aliphatic heterocycles. The van der Waals surface area contributed by atoms with Crippen LogP contribution < -0.4 is 0 Å². The van der Waals surface area contributed by atoms with E-state index in [2.05, 4.69) is 13.8 Å². The predicted octanol–water partition coefficient (Wildman–Crippen LogP) is 6.20. The summed E-state index contributed by atoms with van der Waals surface area (Å²) < 4.78 is 0. The van der Waals surface area contributed by atoms with Crippen LogP contribution in [0.5, 0.6) is 0 Å². The first kappa shape index (κ1) is 21.6. The van der Waals surface area contributed by atoms with Crippen molar-refractivity contribution in [3.8, 4) is 0 Å². The highest BCUT2D eigenvalue weighted by Crippen LogP contribution is 2.67. The second-order valence-electron chi connectivity index (χ2n) is 10.6. The minimum atomic E-state index is -0.0735. The van der Waals surface area contributed by atoms with E-state index < -0.39 is 0 Å². The SMILES string of the molecule is CC.CC12CC(O)C3C(CCC4CCCCC43C)C1CCC2CCCCO. The Balaban J connectivity index is 0.00000102. The van der Waals surface area contributed by atoms with Crippen LogP contribution in [0.1, 0.15) is 105 Å². The molecule has 2 nitrogen and oxygen atoms in total. The summed E-state index contributed by atoms with van der Waals surface area (Å²) in [6, 6.07) is 0. The summed E-state index contributed by atoms with van der Waals surface area (Å²) >= 11 is 0. The molecule has 27 heavy (non-hydrogen) atoms. The Hall–Kier alpha value is -0.0800. The van der Waals surface area contributed by atoms with Gasteiger partial charge >= 0.3 is 0 Å². The third-order valence-electron chi connectivity index (χ3n) is 9.67. The molecule has 8 unspecified atom stereocenters. The van der Waals surface area contributed by atoms with E-state index in [1.165, 1.54) is 57.8 Å². The molecule has 4 saturated carbocycles. The van der Waals surface area contributed by atoms with Gasteiger partial charge in [0.1, 0.15) is 0 Å². The smallest absolute Gasteiger partial charge is 0.0581 e. The zero-order valence-electron chi connectivity index (χ0n) is 18.6. The molecule has 4 aliphatic rings. The van der Waals surface area contributed by atoms with E-state index in [9.17, 15) is 5.11 Å². The Morgan fingerprint density at radius 1 is 0.889 bits per heavy atom.